The van der Waals surface area contributed by atoms with Crippen molar-refractivity contribution in [2.45, 2.75) is 24.1 Å². The van der Waals surface area contributed by atoms with Gasteiger partial charge in [0, 0.05) is 13.8 Å². The Hall–Kier alpha value is 0.570. The van der Waals surface area contributed by atoms with Gasteiger partial charge in [-0.05, 0) is 6.07 Å². The van der Waals surface area contributed by atoms with Crippen LogP contribution in [0.25, 0.3) is 0 Å². The van der Waals surface area contributed by atoms with Gasteiger partial charge in [0.15, 0.2) is 6.23 Å². The van der Waals surface area contributed by atoms with E-state index in [-0.39, 0.29) is 64.9 Å². The standard InChI is InChI=1S/C10H14F2N3O7P.2Na/c11-10(12,23(19,20)21)6-4(3-16)22-8(7(6)17)15-2-1-5(13)14-9(15)18;;/h1-2,4,6-8,16-17H,3H2,(H2,13,14,18)(H2,19,20,21);;/q;2*+1/p-2/t4-,6-,7-,8-;;/m1../s1. The average molecular weight is 401 g/mol. The molecule has 0 amide bonds. The molecule has 0 saturated carbocycles. The number of rotatable bonds is 4. The Morgan fingerprint density at radius 2 is 2.00 bits per heavy atom. The number of anilines is 1. The molecule has 0 aliphatic carbocycles. The summed E-state index contributed by atoms with van der Waals surface area (Å²) in [6.07, 6.45) is -4.93. The van der Waals surface area contributed by atoms with E-state index in [0.717, 1.165) is 12.3 Å². The van der Waals surface area contributed by atoms with Gasteiger partial charge in [0.2, 0.25) is 0 Å². The summed E-state index contributed by atoms with van der Waals surface area (Å²) >= 11 is 0. The van der Waals surface area contributed by atoms with Crippen LogP contribution < -0.4 is 80.3 Å². The fourth-order valence-electron chi connectivity index (χ4n) is 2.36. The van der Waals surface area contributed by atoms with E-state index in [0.29, 0.717) is 4.57 Å². The maximum Gasteiger partial charge on any atom is 1.00 e. The maximum absolute atomic E-state index is 13.8. The van der Waals surface area contributed by atoms with Crippen LogP contribution in [0.3, 0.4) is 0 Å². The summed E-state index contributed by atoms with van der Waals surface area (Å²) in [5.41, 5.74) is -0.682. The molecule has 0 unspecified atom stereocenters. The second-order valence-electron chi connectivity index (χ2n) is 4.89. The summed E-state index contributed by atoms with van der Waals surface area (Å²) in [6, 6.07) is 1.11. The molecular formula is C10H12F2N3Na2O7P. The fourth-order valence-corrected chi connectivity index (χ4v) is 3.04. The first-order chi connectivity index (χ1) is 10.5. The van der Waals surface area contributed by atoms with Gasteiger partial charge in [-0.1, -0.05) is 0 Å². The van der Waals surface area contributed by atoms with E-state index in [9.17, 15) is 33.0 Å². The van der Waals surface area contributed by atoms with Crippen molar-refractivity contribution in [2.24, 2.45) is 5.92 Å². The quantitative estimate of drug-likeness (QED) is 0.327. The number of hydrogen-bond donors (Lipinski definition) is 3. The van der Waals surface area contributed by atoms with Gasteiger partial charge in [-0.2, -0.15) is 4.98 Å². The number of halogens is 2. The number of aliphatic hydroxyl groups excluding tert-OH is 2. The number of nitrogens with two attached hydrogens (primary N) is 1. The molecule has 1 aromatic rings. The first-order valence-corrected chi connectivity index (χ1v) is 7.74. The SMILES string of the molecule is Nc1ccn([C@@H]2O[C@H](CO)[C@@H](C(F)(F)P(=O)([O-])[O-])[C@H]2O)c(=O)n1.[Na+].[Na+]. The third-order valence-electron chi connectivity index (χ3n) is 3.45. The molecule has 1 aliphatic rings. The Bertz CT molecular complexity index is 703. The van der Waals surface area contributed by atoms with Crippen LogP contribution in [0, 0.1) is 5.92 Å². The molecule has 10 nitrogen and oxygen atoms in total. The second kappa shape index (κ2) is 9.18. The summed E-state index contributed by atoms with van der Waals surface area (Å²) in [7, 11) is -6.45. The molecule has 1 aliphatic heterocycles. The zero-order chi connectivity index (χ0) is 17.6. The van der Waals surface area contributed by atoms with Crippen LogP contribution in [0.5, 0.6) is 0 Å². The molecule has 0 spiro atoms. The molecule has 4 atom stereocenters. The summed E-state index contributed by atoms with van der Waals surface area (Å²) in [4.78, 5) is 36.5. The van der Waals surface area contributed by atoms with Gasteiger partial charge >= 0.3 is 64.8 Å². The van der Waals surface area contributed by atoms with Crippen molar-refractivity contribution in [3.8, 4) is 0 Å². The Balaban J connectivity index is 0.00000288. The zero-order valence-electron chi connectivity index (χ0n) is 13.3. The minimum absolute atomic E-state index is 0. The van der Waals surface area contributed by atoms with Crippen molar-refractivity contribution in [3.05, 3.63) is 22.7 Å². The first-order valence-electron chi connectivity index (χ1n) is 6.19. The molecule has 2 heterocycles. The van der Waals surface area contributed by atoms with Gasteiger partial charge in [-0.3, -0.25) is 4.57 Å². The maximum atomic E-state index is 13.8. The van der Waals surface area contributed by atoms with Crippen molar-refractivity contribution in [2.75, 3.05) is 12.3 Å². The molecule has 2 rings (SSSR count). The van der Waals surface area contributed by atoms with Gasteiger partial charge in [0.1, 0.15) is 11.9 Å². The number of hydrogen-bond acceptors (Lipinski definition) is 9. The van der Waals surface area contributed by atoms with Gasteiger partial charge < -0.3 is 35.0 Å². The van der Waals surface area contributed by atoms with Crippen LogP contribution in [-0.2, 0) is 9.30 Å². The van der Waals surface area contributed by atoms with Crippen molar-refractivity contribution in [1.29, 1.82) is 0 Å². The predicted octanol–water partition coefficient (Wildman–Crippen LogP) is -8.79. The van der Waals surface area contributed by atoms with Crippen LogP contribution in [0.4, 0.5) is 14.6 Å². The summed E-state index contributed by atoms with van der Waals surface area (Å²) in [6.45, 7) is -1.11. The van der Waals surface area contributed by atoms with Crippen LogP contribution in [-0.4, -0.2) is 44.2 Å². The van der Waals surface area contributed by atoms with E-state index >= 15 is 0 Å². The topological polar surface area (TPSA) is 174 Å². The minimum Gasteiger partial charge on any atom is -0.807 e. The van der Waals surface area contributed by atoms with Gasteiger partial charge in [-0.25, -0.2) is 13.6 Å². The number of aliphatic hydroxyl groups is 2. The van der Waals surface area contributed by atoms with E-state index in [2.05, 4.69) is 4.98 Å². The third-order valence-corrected chi connectivity index (χ3v) is 4.48. The summed E-state index contributed by atoms with van der Waals surface area (Å²) in [5.74, 6) is -2.73. The molecule has 1 fully saturated rings. The van der Waals surface area contributed by atoms with E-state index in [1.807, 2.05) is 0 Å². The second-order valence-corrected chi connectivity index (χ2v) is 6.48. The first kappa shape index (κ1) is 25.6. The molecule has 130 valence electrons. The zero-order valence-corrected chi connectivity index (χ0v) is 18.2. The number of nitrogen functional groups attached to an aromatic ring is 1. The van der Waals surface area contributed by atoms with E-state index in [4.69, 9.17) is 15.6 Å². The molecule has 0 bridgehead atoms. The van der Waals surface area contributed by atoms with Crippen molar-refractivity contribution >= 4 is 13.4 Å². The van der Waals surface area contributed by atoms with E-state index in [1.165, 1.54) is 0 Å². The number of alkyl halides is 2. The van der Waals surface area contributed by atoms with Gasteiger partial charge in [-0.15, -0.1) is 0 Å². The normalized spacial score (nSPS) is 26.6. The largest absolute Gasteiger partial charge is 1.00 e. The molecule has 0 aromatic carbocycles. The molecule has 15 heteroatoms. The van der Waals surface area contributed by atoms with Gasteiger partial charge in [0.25, 0.3) is 5.66 Å². The van der Waals surface area contributed by atoms with E-state index < -0.39 is 49.9 Å². The van der Waals surface area contributed by atoms with E-state index in [1.54, 1.807) is 0 Å². The number of ether oxygens (including phenoxy) is 1. The molecule has 0 radical (unpaired) electrons. The Labute approximate surface area is 184 Å². The molecule has 4 N–H and O–H groups in total. The van der Waals surface area contributed by atoms with Crippen LogP contribution >= 0.6 is 7.60 Å². The number of nitrogens with zero attached hydrogens (tertiary/aromatic N) is 2. The summed E-state index contributed by atoms with van der Waals surface area (Å²) in [5, 5.41) is 19.0. The van der Waals surface area contributed by atoms with Gasteiger partial charge in [0.05, 0.1) is 18.6 Å². The summed E-state index contributed by atoms with van der Waals surface area (Å²) < 4.78 is 43.9. The van der Waals surface area contributed by atoms with Crippen LogP contribution in [0.2, 0.25) is 0 Å². The predicted molar refractivity (Wildman–Crippen MR) is 66.0 cm³/mol. The monoisotopic (exact) mass is 401 g/mol. The fraction of sp³-hybridized carbons (Fsp3) is 0.600. The Morgan fingerprint density at radius 1 is 1.44 bits per heavy atom. The van der Waals surface area contributed by atoms with Crippen LogP contribution in [0.1, 0.15) is 6.23 Å². The average Bonchev–Trinajstić information content (AvgIpc) is 2.75. The smallest absolute Gasteiger partial charge is 0.807 e. The third kappa shape index (κ3) is 4.89. The Morgan fingerprint density at radius 3 is 2.44 bits per heavy atom. The van der Waals surface area contributed by atoms with Crippen molar-refractivity contribution in [3.63, 3.8) is 0 Å². The Kier molecular flexibility index (Phi) is 9.38. The molecular weight excluding hydrogens is 389 g/mol. The minimum atomic E-state index is -6.45. The molecule has 25 heavy (non-hydrogen) atoms. The van der Waals surface area contributed by atoms with Crippen molar-refractivity contribution in [1.82, 2.24) is 9.55 Å². The molecule has 1 saturated heterocycles. The van der Waals surface area contributed by atoms with Crippen molar-refractivity contribution < 1.29 is 97.2 Å². The molecule has 1 aromatic heterocycles. The van der Waals surface area contributed by atoms with Crippen LogP contribution in [0.15, 0.2) is 17.1 Å². The number of aromatic nitrogens is 2.